The molecule has 0 unspecified atom stereocenters. The van der Waals surface area contributed by atoms with Gasteiger partial charge in [-0.15, -0.1) is 0 Å². The predicted molar refractivity (Wildman–Crippen MR) is 149 cm³/mol. The summed E-state index contributed by atoms with van der Waals surface area (Å²) in [5.41, 5.74) is 9.51. The van der Waals surface area contributed by atoms with Crippen molar-refractivity contribution in [2.45, 2.75) is 56.7 Å². The second kappa shape index (κ2) is 10.5. The minimum absolute atomic E-state index is 0.423. The number of ether oxygens (including phenoxy) is 1. The van der Waals surface area contributed by atoms with Gasteiger partial charge in [-0.2, -0.15) is 0 Å². The number of piperidine rings is 1. The lowest BCUT2D eigenvalue weighted by atomic mass is 9.88. The highest BCUT2D eigenvalue weighted by molar-refractivity contribution is 6.00. The Bertz CT molecular complexity index is 1330. The molecule has 4 aromatic rings. The zero-order valence-corrected chi connectivity index (χ0v) is 21.5. The van der Waals surface area contributed by atoms with E-state index in [2.05, 4.69) is 45.1 Å². The lowest BCUT2D eigenvalue weighted by Crippen LogP contribution is -2.49. The molecule has 1 atom stereocenters. The van der Waals surface area contributed by atoms with Crippen molar-refractivity contribution >= 4 is 16.9 Å². The van der Waals surface area contributed by atoms with Gasteiger partial charge in [-0.1, -0.05) is 30.3 Å². The number of nitrogens with two attached hydrogens (primary N) is 1. The van der Waals surface area contributed by atoms with Crippen LogP contribution in [0.4, 0.5) is 5.82 Å². The van der Waals surface area contributed by atoms with Crippen molar-refractivity contribution in [3.63, 3.8) is 0 Å². The van der Waals surface area contributed by atoms with Crippen LogP contribution in [0.15, 0.2) is 67.1 Å². The highest BCUT2D eigenvalue weighted by Gasteiger charge is 2.31. The first-order valence-electron chi connectivity index (χ1n) is 13.6. The van der Waals surface area contributed by atoms with Crippen molar-refractivity contribution < 1.29 is 4.74 Å². The maximum Gasteiger partial charge on any atom is 0.146 e. The summed E-state index contributed by atoms with van der Waals surface area (Å²) in [6, 6.07) is 19.8. The van der Waals surface area contributed by atoms with Crippen LogP contribution in [0.2, 0.25) is 0 Å². The summed E-state index contributed by atoms with van der Waals surface area (Å²) >= 11 is 0. The van der Waals surface area contributed by atoms with Gasteiger partial charge in [0, 0.05) is 36.4 Å². The molecule has 0 bridgehead atoms. The molecule has 6 rings (SSSR count). The third-order valence-corrected chi connectivity index (χ3v) is 8.22. The van der Waals surface area contributed by atoms with Gasteiger partial charge in [-0.25, -0.2) is 9.97 Å². The van der Waals surface area contributed by atoms with E-state index in [1.54, 1.807) is 6.33 Å². The number of likely N-dealkylation sites (tertiary alicyclic amines) is 1. The van der Waals surface area contributed by atoms with Gasteiger partial charge in [0.25, 0.3) is 0 Å². The van der Waals surface area contributed by atoms with E-state index in [4.69, 9.17) is 15.5 Å². The lowest BCUT2D eigenvalue weighted by molar-refractivity contribution is 0.101. The van der Waals surface area contributed by atoms with Crippen LogP contribution in [0.1, 0.15) is 44.6 Å². The van der Waals surface area contributed by atoms with Gasteiger partial charge in [0.2, 0.25) is 0 Å². The molecule has 1 aliphatic heterocycles. The molecule has 0 amide bonds. The van der Waals surface area contributed by atoms with E-state index in [0.29, 0.717) is 23.9 Å². The van der Waals surface area contributed by atoms with E-state index in [0.717, 1.165) is 46.5 Å². The molecule has 1 aliphatic carbocycles. The minimum atomic E-state index is 0.423. The SMILES string of the molecule is CN[C@@H]1CCCN([C@H]2CC[C@@H](n3cc(-c4ccc(Oc5ccccc5)cc4)c4c(N)ncnc43)CC2)C1. The van der Waals surface area contributed by atoms with Gasteiger partial charge in [0.15, 0.2) is 0 Å². The average Bonchev–Trinajstić information content (AvgIpc) is 3.35. The largest absolute Gasteiger partial charge is 0.457 e. The summed E-state index contributed by atoms with van der Waals surface area (Å²) in [4.78, 5) is 11.7. The maximum atomic E-state index is 6.41. The normalized spacial score (nSPS) is 22.8. The van der Waals surface area contributed by atoms with E-state index < -0.39 is 0 Å². The molecule has 3 N–H and O–H groups in total. The quantitative estimate of drug-likeness (QED) is 0.360. The van der Waals surface area contributed by atoms with E-state index in [9.17, 15) is 0 Å². The summed E-state index contributed by atoms with van der Waals surface area (Å²) in [7, 11) is 2.09. The number of nitrogens with one attached hydrogen (secondary N) is 1. The van der Waals surface area contributed by atoms with Crippen LogP contribution >= 0.6 is 0 Å². The number of para-hydroxylation sites is 1. The average molecular weight is 497 g/mol. The standard InChI is InChI=1S/C30H36N6O/c1-32-22-6-5-17-35(18-22)23-11-13-24(14-12-23)36-19-27(28-29(31)33-20-34-30(28)36)21-9-15-26(16-10-21)37-25-7-3-2-4-8-25/h2-4,7-10,15-16,19-20,22-24,32H,5-6,11-14,17-18H2,1H3,(H2,31,33,34)/t22-,23-,24+/m1/s1. The first kappa shape index (κ1) is 23.9. The molecule has 2 aromatic carbocycles. The molecule has 7 heteroatoms. The van der Waals surface area contributed by atoms with Crippen LogP contribution < -0.4 is 15.8 Å². The van der Waals surface area contributed by atoms with Gasteiger partial charge >= 0.3 is 0 Å². The first-order chi connectivity index (χ1) is 18.2. The molecular weight excluding hydrogens is 460 g/mol. The summed E-state index contributed by atoms with van der Waals surface area (Å²) < 4.78 is 8.35. The fourth-order valence-corrected chi connectivity index (χ4v) is 6.21. The summed E-state index contributed by atoms with van der Waals surface area (Å²) in [6.45, 7) is 2.41. The summed E-state index contributed by atoms with van der Waals surface area (Å²) in [6.07, 6.45) is 11.2. The molecule has 2 aromatic heterocycles. The maximum absolute atomic E-state index is 6.41. The van der Waals surface area contributed by atoms with Crippen LogP contribution in [0, 0.1) is 0 Å². The van der Waals surface area contributed by atoms with Crippen molar-refractivity contribution in [1.82, 2.24) is 24.8 Å². The first-order valence-corrected chi connectivity index (χ1v) is 13.6. The zero-order valence-electron chi connectivity index (χ0n) is 21.5. The van der Waals surface area contributed by atoms with Gasteiger partial charge < -0.3 is 20.4 Å². The summed E-state index contributed by atoms with van der Waals surface area (Å²) in [5, 5.41) is 4.43. The Morgan fingerprint density at radius 2 is 1.62 bits per heavy atom. The number of hydrogen-bond donors (Lipinski definition) is 2. The lowest BCUT2D eigenvalue weighted by Gasteiger charge is -2.41. The molecule has 0 spiro atoms. The molecule has 3 heterocycles. The van der Waals surface area contributed by atoms with Crippen molar-refractivity contribution in [3.8, 4) is 22.6 Å². The van der Waals surface area contributed by atoms with Gasteiger partial charge in [0.05, 0.1) is 5.39 Å². The molecule has 1 saturated carbocycles. The number of benzene rings is 2. The fraction of sp³-hybridized carbons (Fsp3) is 0.400. The van der Waals surface area contributed by atoms with Crippen LogP contribution in [0.5, 0.6) is 11.5 Å². The predicted octanol–water partition coefficient (Wildman–Crippen LogP) is 5.64. The van der Waals surface area contributed by atoms with Crippen molar-refractivity contribution in [1.29, 1.82) is 0 Å². The number of nitrogens with zero attached hydrogens (tertiary/aromatic N) is 4. The number of fused-ring (bicyclic) bond motifs is 1. The Balaban J connectivity index is 1.23. The fourth-order valence-electron chi connectivity index (χ4n) is 6.21. The third kappa shape index (κ3) is 4.93. The molecule has 1 saturated heterocycles. The van der Waals surface area contributed by atoms with E-state index in [1.165, 1.54) is 38.8 Å². The molecule has 2 fully saturated rings. The van der Waals surface area contributed by atoms with Crippen LogP contribution in [0.3, 0.4) is 0 Å². The van der Waals surface area contributed by atoms with Gasteiger partial charge in [-0.3, -0.25) is 4.90 Å². The number of anilines is 1. The Hall–Kier alpha value is -3.42. The van der Waals surface area contributed by atoms with Crippen LogP contribution in [-0.2, 0) is 0 Å². The Morgan fingerprint density at radius 3 is 2.38 bits per heavy atom. The summed E-state index contributed by atoms with van der Waals surface area (Å²) in [5.74, 6) is 2.16. The second-order valence-corrected chi connectivity index (χ2v) is 10.4. The smallest absolute Gasteiger partial charge is 0.146 e. The molecule has 37 heavy (non-hydrogen) atoms. The Kier molecular flexibility index (Phi) is 6.81. The zero-order chi connectivity index (χ0) is 25.2. The van der Waals surface area contributed by atoms with Crippen LogP contribution in [-0.4, -0.2) is 51.7 Å². The monoisotopic (exact) mass is 496 g/mol. The van der Waals surface area contributed by atoms with Crippen molar-refractivity contribution in [3.05, 3.63) is 67.1 Å². The number of rotatable bonds is 6. The number of nitrogen functional groups attached to an aromatic ring is 1. The van der Waals surface area contributed by atoms with Gasteiger partial charge in [-0.05, 0) is 81.9 Å². The highest BCUT2D eigenvalue weighted by Crippen LogP contribution is 2.39. The topological polar surface area (TPSA) is 81.2 Å². The Morgan fingerprint density at radius 1 is 0.892 bits per heavy atom. The van der Waals surface area contributed by atoms with E-state index >= 15 is 0 Å². The Labute approximate surface area is 218 Å². The number of likely N-dealkylation sites (N-methyl/N-ethyl adjacent to an activating group) is 1. The highest BCUT2D eigenvalue weighted by atomic mass is 16.5. The molecule has 0 radical (unpaired) electrons. The van der Waals surface area contributed by atoms with E-state index in [-0.39, 0.29) is 0 Å². The number of hydrogen-bond acceptors (Lipinski definition) is 6. The van der Waals surface area contributed by atoms with Gasteiger partial charge in [0.1, 0.15) is 29.3 Å². The third-order valence-electron chi connectivity index (χ3n) is 8.22. The van der Waals surface area contributed by atoms with Crippen molar-refractivity contribution in [2.24, 2.45) is 0 Å². The van der Waals surface area contributed by atoms with E-state index in [1.807, 2.05) is 42.5 Å². The van der Waals surface area contributed by atoms with Crippen LogP contribution in [0.25, 0.3) is 22.2 Å². The molecular formula is C30H36N6O. The number of aromatic nitrogens is 3. The van der Waals surface area contributed by atoms with Crippen molar-refractivity contribution in [2.75, 3.05) is 25.9 Å². The molecule has 2 aliphatic rings. The minimum Gasteiger partial charge on any atom is -0.457 e. The second-order valence-electron chi connectivity index (χ2n) is 10.4. The molecule has 7 nitrogen and oxygen atoms in total. The molecule has 192 valence electrons.